The summed E-state index contributed by atoms with van der Waals surface area (Å²) in [6.45, 7) is 8.39. The lowest BCUT2D eigenvalue weighted by atomic mass is 10.00. The van der Waals surface area contributed by atoms with E-state index in [-0.39, 0.29) is 0 Å². The maximum atomic E-state index is 10.6. The summed E-state index contributed by atoms with van der Waals surface area (Å²) in [6.07, 6.45) is 2.60. The summed E-state index contributed by atoms with van der Waals surface area (Å²) in [5, 5.41) is 29.0. The summed E-state index contributed by atoms with van der Waals surface area (Å²) < 4.78 is 2.03. The Balaban J connectivity index is 1.91. The summed E-state index contributed by atoms with van der Waals surface area (Å²) in [6, 6.07) is 1.93. The molecule has 0 aliphatic heterocycles. The van der Waals surface area contributed by atoms with Crippen LogP contribution in [0.2, 0.25) is 0 Å². The summed E-state index contributed by atoms with van der Waals surface area (Å²) >= 11 is 1.57. The smallest absolute Gasteiger partial charge is 0.191 e. The van der Waals surface area contributed by atoms with E-state index >= 15 is 0 Å². The maximum Gasteiger partial charge on any atom is 0.191 e. The van der Waals surface area contributed by atoms with Crippen LogP contribution >= 0.6 is 11.3 Å². The van der Waals surface area contributed by atoms with Crippen molar-refractivity contribution in [3.05, 3.63) is 34.5 Å². The quantitative estimate of drug-likeness (QED) is 0.494. The lowest BCUT2D eigenvalue weighted by Gasteiger charge is -2.21. The molecule has 0 spiro atoms. The van der Waals surface area contributed by atoms with Gasteiger partial charge in [0.05, 0.1) is 6.54 Å². The van der Waals surface area contributed by atoms with Crippen LogP contribution in [0.5, 0.6) is 0 Å². The number of nitrogens with zero attached hydrogens (tertiary/aromatic N) is 4. The minimum Gasteiger partial charge on any atom is -0.383 e. The van der Waals surface area contributed by atoms with Crippen LogP contribution in [0.4, 0.5) is 0 Å². The Hall–Kier alpha value is -1.93. The van der Waals surface area contributed by atoms with Gasteiger partial charge in [0.25, 0.3) is 0 Å². The highest BCUT2D eigenvalue weighted by Crippen LogP contribution is 2.23. The van der Waals surface area contributed by atoms with Crippen molar-refractivity contribution in [3.63, 3.8) is 0 Å². The Morgan fingerprint density at radius 2 is 2.25 bits per heavy atom. The third kappa shape index (κ3) is 5.04. The second-order valence-electron chi connectivity index (χ2n) is 5.70. The molecule has 1 unspecified atom stereocenters. The van der Waals surface area contributed by atoms with Crippen molar-refractivity contribution >= 4 is 17.3 Å². The van der Waals surface area contributed by atoms with Gasteiger partial charge < -0.3 is 20.3 Å². The largest absolute Gasteiger partial charge is 0.383 e. The number of aliphatic hydroxyl groups is 1. The first-order valence-electron chi connectivity index (χ1n) is 8.20. The van der Waals surface area contributed by atoms with E-state index in [4.69, 9.17) is 0 Å². The van der Waals surface area contributed by atoms with Crippen molar-refractivity contribution < 1.29 is 5.11 Å². The molecule has 0 aliphatic rings. The zero-order chi connectivity index (χ0) is 17.4. The van der Waals surface area contributed by atoms with E-state index in [1.807, 2.05) is 28.3 Å². The van der Waals surface area contributed by atoms with Crippen molar-refractivity contribution in [2.75, 3.05) is 19.6 Å². The molecule has 1 atom stereocenters. The third-order valence-electron chi connectivity index (χ3n) is 3.69. The standard InChI is InChI=1S/C16H26N6OS/c1-4-14-21-20-12-22(14)8-7-18-15(17-5-2)19-11-16(3,23)13-6-9-24-10-13/h6,9-10,12,23H,4-5,7-8,11H2,1-3H3,(H2,17,18,19). The monoisotopic (exact) mass is 350 g/mol. The Kier molecular flexibility index (Phi) is 6.74. The molecule has 0 aliphatic carbocycles. The van der Waals surface area contributed by atoms with E-state index in [1.165, 1.54) is 0 Å². The molecule has 2 rings (SSSR count). The topological polar surface area (TPSA) is 87.4 Å². The normalized spacial score (nSPS) is 14.4. The molecule has 7 nitrogen and oxygen atoms in total. The number of hydrogen-bond acceptors (Lipinski definition) is 5. The van der Waals surface area contributed by atoms with Gasteiger partial charge in [-0.15, -0.1) is 10.2 Å². The van der Waals surface area contributed by atoms with E-state index in [1.54, 1.807) is 24.6 Å². The molecule has 132 valence electrons. The molecule has 0 fully saturated rings. The first-order valence-corrected chi connectivity index (χ1v) is 9.15. The molecular weight excluding hydrogens is 324 g/mol. The van der Waals surface area contributed by atoms with Gasteiger partial charge in [0.15, 0.2) is 5.96 Å². The van der Waals surface area contributed by atoms with Crippen molar-refractivity contribution in [2.45, 2.75) is 39.3 Å². The van der Waals surface area contributed by atoms with Gasteiger partial charge in [-0.3, -0.25) is 0 Å². The molecule has 8 heteroatoms. The SMILES string of the molecule is CCNC(=NCC(C)(O)c1ccsc1)NCCn1cnnc1CC. The molecular formula is C16H26N6OS. The number of thiophene rings is 1. The molecule has 0 saturated heterocycles. The molecule has 0 saturated carbocycles. The minimum atomic E-state index is -0.966. The molecule has 2 aromatic rings. The molecule has 3 N–H and O–H groups in total. The van der Waals surface area contributed by atoms with Crippen molar-refractivity contribution in [1.82, 2.24) is 25.4 Å². The van der Waals surface area contributed by atoms with Gasteiger partial charge in [-0.1, -0.05) is 6.92 Å². The zero-order valence-corrected chi connectivity index (χ0v) is 15.3. The second kappa shape index (κ2) is 8.79. The number of aryl methyl sites for hydroxylation is 1. The van der Waals surface area contributed by atoms with Crippen LogP contribution in [0.25, 0.3) is 0 Å². The molecule has 2 heterocycles. The highest BCUT2D eigenvalue weighted by Gasteiger charge is 2.23. The van der Waals surface area contributed by atoms with Crippen LogP contribution < -0.4 is 10.6 Å². The van der Waals surface area contributed by atoms with Gasteiger partial charge in [-0.25, -0.2) is 4.99 Å². The summed E-state index contributed by atoms with van der Waals surface area (Å²) in [7, 11) is 0. The predicted octanol–water partition coefficient (Wildman–Crippen LogP) is 1.36. The number of nitrogens with one attached hydrogen (secondary N) is 2. The van der Waals surface area contributed by atoms with E-state index in [0.717, 1.165) is 30.9 Å². The van der Waals surface area contributed by atoms with Crippen LogP contribution in [0.15, 0.2) is 28.1 Å². The first kappa shape index (κ1) is 18.4. The molecule has 0 radical (unpaired) electrons. The number of guanidine groups is 1. The van der Waals surface area contributed by atoms with Gasteiger partial charge in [-0.2, -0.15) is 11.3 Å². The van der Waals surface area contributed by atoms with Crippen LogP contribution in [-0.4, -0.2) is 45.5 Å². The van der Waals surface area contributed by atoms with Gasteiger partial charge in [0.2, 0.25) is 0 Å². The van der Waals surface area contributed by atoms with E-state index in [0.29, 0.717) is 19.0 Å². The molecule has 0 aromatic carbocycles. The van der Waals surface area contributed by atoms with Gasteiger partial charge >= 0.3 is 0 Å². The number of hydrogen-bond donors (Lipinski definition) is 3. The van der Waals surface area contributed by atoms with Gasteiger partial charge in [-0.05, 0) is 36.2 Å². The average Bonchev–Trinajstić information content (AvgIpc) is 3.24. The molecule has 0 bridgehead atoms. The summed E-state index contributed by atoms with van der Waals surface area (Å²) in [4.78, 5) is 4.51. The van der Waals surface area contributed by atoms with Gasteiger partial charge in [0.1, 0.15) is 17.8 Å². The second-order valence-corrected chi connectivity index (χ2v) is 6.48. The fraction of sp³-hybridized carbons (Fsp3) is 0.562. The highest BCUT2D eigenvalue weighted by molar-refractivity contribution is 7.08. The Labute approximate surface area is 146 Å². The van der Waals surface area contributed by atoms with Crippen LogP contribution in [0.1, 0.15) is 32.2 Å². The number of aliphatic imine (C=N–C) groups is 1. The number of rotatable bonds is 8. The molecule has 24 heavy (non-hydrogen) atoms. The Morgan fingerprint density at radius 3 is 2.92 bits per heavy atom. The lowest BCUT2D eigenvalue weighted by Crippen LogP contribution is -2.40. The van der Waals surface area contributed by atoms with Gasteiger partial charge in [0, 0.05) is 26.1 Å². The minimum absolute atomic E-state index is 0.298. The molecule has 0 amide bonds. The van der Waals surface area contributed by atoms with E-state index < -0.39 is 5.60 Å². The Morgan fingerprint density at radius 1 is 1.42 bits per heavy atom. The maximum absolute atomic E-state index is 10.6. The predicted molar refractivity (Wildman–Crippen MR) is 97.3 cm³/mol. The van der Waals surface area contributed by atoms with E-state index in [2.05, 4.69) is 32.7 Å². The summed E-state index contributed by atoms with van der Waals surface area (Å²) in [5.74, 6) is 1.67. The fourth-order valence-corrected chi connectivity index (χ4v) is 3.05. The third-order valence-corrected chi connectivity index (χ3v) is 4.37. The van der Waals surface area contributed by atoms with Crippen molar-refractivity contribution in [1.29, 1.82) is 0 Å². The fourth-order valence-electron chi connectivity index (χ4n) is 2.27. The van der Waals surface area contributed by atoms with Crippen molar-refractivity contribution in [2.24, 2.45) is 4.99 Å². The Bertz CT molecular complexity index is 635. The molecule has 2 aromatic heterocycles. The summed E-state index contributed by atoms with van der Waals surface area (Å²) in [5.41, 5.74) is -0.0735. The lowest BCUT2D eigenvalue weighted by molar-refractivity contribution is 0.0677. The zero-order valence-electron chi connectivity index (χ0n) is 14.5. The average molecular weight is 350 g/mol. The first-order chi connectivity index (χ1) is 11.6. The van der Waals surface area contributed by atoms with Crippen LogP contribution in [-0.2, 0) is 18.6 Å². The van der Waals surface area contributed by atoms with Crippen LogP contribution in [0, 0.1) is 0 Å². The number of aromatic nitrogens is 3. The van der Waals surface area contributed by atoms with Crippen LogP contribution in [0.3, 0.4) is 0 Å². The highest BCUT2D eigenvalue weighted by atomic mass is 32.1. The van der Waals surface area contributed by atoms with E-state index in [9.17, 15) is 5.11 Å². The van der Waals surface area contributed by atoms with Crippen molar-refractivity contribution in [3.8, 4) is 0 Å².